The van der Waals surface area contributed by atoms with Crippen molar-refractivity contribution in [2.45, 2.75) is 69.6 Å². The zero-order valence-corrected chi connectivity index (χ0v) is 13.8. The summed E-state index contributed by atoms with van der Waals surface area (Å²) < 4.78 is 0. The van der Waals surface area contributed by atoms with E-state index in [-0.39, 0.29) is 36.8 Å². The number of carbonyl (C=O) groups excluding carboxylic acids is 1. The minimum absolute atomic E-state index is 0. The Labute approximate surface area is 134 Å². The molecule has 1 aliphatic carbocycles. The van der Waals surface area contributed by atoms with Crippen LogP contribution in [0.5, 0.6) is 0 Å². The lowest BCUT2D eigenvalue weighted by molar-refractivity contribution is -0.124. The maximum Gasteiger partial charge on any atom is 0.237 e. The van der Waals surface area contributed by atoms with Crippen LogP contribution in [0.3, 0.4) is 0 Å². The second-order valence-electron chi connectivity index (χ2n) is 6.22. The van der Waals surface area contributed by atoms with E-state index in [1.807, 2.05) is 0 Å². The lowest BCUT2D eigenvalue weighted by Crippen LogP contribution is -2.50. The van der Waals surface area contributed by atoms with Crippen molar-refractivity contribution in [3.05, 3.63) is 0 Å². The van der Waals surface area contributed by atoms with Crippen LogP contribution in [-0.2, 0) is 4.79 Å². The summed E-state index contributed by atoms with van der Waals surface area (Å²) in [6.45, 7) is 4.35. The summed E-state index contributed by atoms with van der Waals surface area (Å²) in [5.74, 6) is 0.226. The molecule has 1 amide bonds. The Bertz CT molecular complexity index is 320. The molecule has 0 bridgehead atoms. The molecule has 2 heterocycles. The summed E-state index contributed by atoms with van der Waals surface area (Å²) in [6, 6.07) is 1.89. The molecule has 1 saturated carbocycles. The zero-order chi connectivity index (χ0) is 12.5. The zero-order valence-electron chi connectivity index (χ0n) is 12.1. The summed E-state index contributed by atoms with van der Waals surface area (Å²) >= 11 is 0. The predicted molar refractivity (Wildman–Crippen MR) is 85.9 cm³/mol. The van der Waals surface area contributed by atoms with E-state index in [0.29, 0.717) is 12.1 Å². The number of likely N-dealkylation sites (tertiary alicyclic amines) is 1. The number of nitrogens with zero attached hydrogens (tertiary/aromatic N) is 1. The van der Waals surface area contributed by atoms with E-state index in [0.717, 1.165) is 32.0 Å². The van der Waals surface area contributed by atoms with E-state index in [9.17, 15) is 4.79 Å². The molecule has 2 N–H and O–H groups in total. The molecule has 3 fully saturated rings. The molecule has 3 atom stereocenters. The van der Waals surface area contributed by atoms with Crippen LogP contribution < -0.4 is 10.6 Å². The molecular weight excluding hydrogens is 297 g/mol. The molecule has 2 saturated heterocycles. The smallest absolute Gasteiger partial charge is 0.237 e. The monoisotopic (exact) mass is 323 g/mol. The Morgan fingerprint density at radius 2 is 1.95 bits per heavy atom. The fourth-order valence-electron chi connectivity index (χ4n) is 3.45. The molecule has 20 heavy (non-hydrogen) atoms. The SMILES string of the molecule is CC1CC(NC(=O)[C@H]2CCCCN2)CN1C1CC1.Cl.Cl. The van der Waals surface area contributed by atoms with Crippen molar-refractivity contribution >= 4 is 30.7 Å². The fourth-order valence-corrected chi connectivity index (χ4v) is 3.45. The molecule has 3 rings (SSSR count). The average Bonchev–Trinajstić information content (AvgIpc) is 3.15. The molecule has 0 aromatic heterocycles. The fraction of sp³-hybridized carbons (Fsp3) is 0.929. The van der Waals surface area contributed by atoms with Gasteiger partial charge in [-0.2, -0.15) is 0 Å². The highest BCUT2D eigenvalue weighted by atomic mass is 35.5. The molecule has 2 unspecified atom stereocenters. The number of halogens is 2. The van der Waals surface area contributed by atoms with Gasteiger partial charge in [-0.05, 0) is 45.6 Å². The highest BCUT2D eigenvalue weighted by Crippen LogP contribution is 2.33. The van der Waals surface area contributed by atoms with Gasteiger partial charge in [0.2, 0.25) is 5.91 Å². The van der Waals surface area contributed by atoms with Crippen LogP contribution in [0.1, 0.15) is 45.4 Å². The maximum atomic E-state index is 12.2. The van der Waals surface area contributed by atoms with Crippen molar-refractivity contribution in [1.29, 1.82) is 0 Å². The Morgan fingerprint density at radius 1 is 1.20 bits per heavy atom. The van der Waals surface area contributed by atoms with Gasteiger partial charge in [0.15, 0.2) is 0 Å². The summed E-state index contributed by atoms with van der Waals surface area (Å²) in [5, 5.41) is 6.57. The predicted octanol–water partition coefficient (Wildman–Crippen LogP) is 1.71. The van der Waals surface area contributed by atoms with Crippen molar-refractivity contribution in [1.82, 2.24) is 15.5 Å². The molecule has 4 nitrogen and oxygen atoms in total. The minimum atomic E-state index is 0. The second-order valence-corrected chi connectivity index (χ2v) is 6.22. The van der Waals surface area contributed by atoms with Crippen LogP contribution >= 0.6 is 24.8 Å². The highest BCUT2D eigenvalue weighted by molar-refractivity contribution is 5.85. The van der Waals surface area contributed by atoms with Crippen LogP contribution in [0, 0.1) is 0 Å². The third-order valence-corrected chi connectivity index (χ3v) is 4.61. The van der Waals surface area contributed by atoms with Gasteiger partial charge in [0.1, 0.15) is 0 Å². The van der Waals surface area contributed by atoms with Gasteiger partial charge in [0, 0.05) is 24.7 Å². The first-order valence-electron chi connectivity index (χ1n) is 7.53. The van der Waals surface area contributed by atoms with Crippen molar-refractivity contribution < 1.29 is 4.79 Å². The van der Waals surface area contributed by atoms with Crippen LogP contribution in [-0.4, -0.2) is 48.1 Å². The number of rotatable bonds is 3. The first-order chi connectivity index (χ1) is 8.74. The van der Waals surface area contributed by atoms with Gasteiger partial charge in [0.25, 0.3) is 0 Å². The van der Waals surface area contributed by atoms with Crippen molar-refractivity contribution in [3.8, 4) is 0 Å². The number of nitrogens with one attached hydrogen (secondary N) is 2. The molecular formula is C14H27Cl2N3O. The Morgan fingerprint density at radius 3 is 2.55 bits per heavy atom. The van der Waals surface area contributed by atoms with E-state index < -0.39 is 0 Å². The Hall–Kier alpha value is -0.0300. The molecule has 0 aromatic carbocycles. The first-order valence-corrected chi connectivity index (χ1v) is 7.53. The molecule has 2 aliphatic heterocycles. The van der Waals surface area contributed by atoms with Gasteiger partial charge in [-0.3, -0.25) is 9.69 Å². The first kappa shape index (κ1) is 18.0. The second kappa shape index (κ2) is 7.83. The number of hydrogen-bond donors (Lipinski definition) is 2. The van der Waals surface area contributed by atoms with E-state index in [1.54, 1.807) is 0 Å². The Balaban J connectivity index is 0.000001000. The van der Waals surface area contributed by atoms with Crippen LogP contribution in [0.15, 0.2) is 0 Å². The van der Waals surface area contributed by atoms with Crippen LogP contribution in [0.25, 0.3) is 0 Å². The summed E-state index contributed by atoms with van der Waals surface area (Å²) in [4.78, 5) is 14.7. The average molecular weight is 324 g/mol. The van der Waals surface area contributed by atoms with E-state index in [4.69, 9.17) is 0 Å². The van der Waals surface area contributed by atoms with Crippen molar-refractivity contribution in [2.24, 2.45) is 0 Å². The topological polar surface area (TPSA) is 44.4 Å². The number of amides is 1. The van der Waals surface area contributed by atoms with Gasteiger partial charge < -0.3 is 10.6 Å². The largest absolute Gasteiger partial charge is 0.351 e. The summed E-state index contributed by atoms with van der Waals surface area (Å²) in [5.41, 5.74) is 0. The number of carbonyl (C=O) groups is 1. The molecule has 6 heteroatoms. The van der Waals surface area contributed by atoms with Gasteiger partial charge >= 0.3 is 0 Å². The van der Waals surface area contributed by atoms with Crippen LogP contribution in [0.2, 0.25) is 0 Å². The number of hydrogen-bond acceptors (Lipinski definition) is 3. The van der Waals surface area contributed by atoms with Gasteiger partial charge in [0.05, 0.1) is 6.04 Å². The third-order valence-electron chi connectivity index (χ3n) is 4.61. The van der Waals surface area contributed by atoms with Gasteiger partial charge in [-0.15, -0.1) is 24.8 Å². The standard InChI is InChI=1S/C14H25N3O.2ClH/c1-10-8-11(9-17(10)12-5-6-12)16-14(18)13-4-2-3-7-15-13;;/h10-13,15H,2-9H2,1H3,(H,16,18);2*1H/t10?,11?,13-;;/m1../s1. The van der Waals surface area contributed by atoms with Gasteiger partial charge in [-0.1, -0.05) is 6.42 Å². The Kier molecular flexibility index (Phi) is 7.06. The molecule has 0 spiro atoms. The third kappa shape index (κ3) is 4.23. The minimum Gasteiger partial charge on any atom is -0.351 e. The lowest BCUT2D eigenvalue weighted by atomic mass is 10.0. The van der Waals surface area contributed by atoms with Gasteiger partial charge in [-0.25, -0.2) is 0 Å². The molecule has 0 radical (unpaired) electrons. The highest BCUT2D eigenvalue weighted by Gasteiger charge is 2.39. The van der Waals surface area contributed by atoms with E-state index >= 15 is 0 Å². The lowest BCUT2D eigenvalue weighted by Gasteiger charge is -2.24. The normalized spacial score (nSPS) is 34.0. The van der Waals surface area contributed by atoms with Crippen molar-refractivity contribution in [2.75, 3.05) is 13.1 Å². The molecule has 0 aromatic rings. The maximum absolute atomic E-state index is 12.2. The van der Waals surface area contributed by atoms with Crippen LogP contribution in [0.4, 0.5) is 0 Å². The van der Waals surface area contributed by atoms with Crippen molar-refractivity contribution in [3.63, 3.8) is 0 Å². The number of piperidine rings is 1. The summed E-state index contributed by atoms with van der Waals surface area (Å²) in [7, 11) is 0. The van der Waals surface area contributed by atoms with E-state index in [2.05, 4.69) is 22.5 Å². The quantitative estimate of drug-likeness (QED) is 0.831. The summed E-state index contributed by atoms with van der Waals surface area (Å²) in [6.07, 6.45) is 7.22. The molecule has 118 valence electrons. The molecule has 3 aliphatic rings. The van der Waals surface area contributed by atoms with E-state index in [1.165, 1.54) is 25.7 Å².